The van der Waals surface area contributed by atoms with E-state index in [1.165, 1.54) is 29.6 Å². The average molecular weight is 551 g/mol. The summed E-state index contributed by atoms with van der Waals surface area (Å²) in [6.07, 6.45) is 3.70. The van der Waals surface area contributed by atoms with E-state index in [0.29, 0.717) is 49.7 Å². The smallest absolute Gasteiger partial charge is 0.243 e. The van der Waals surface area contributed by atoms with Gasteiger partial charge in [-0.2, -0.15) is 4.31 Å². The minimum atomic E-state index is -3.77. The van der Waals surface area contributed by atoms with Crippen LogP contribution in [0.1, 0.15) is 19.3 Å². The molecule has 0 aliphatic carbocycles. The van der Waals surface area contributed by atoms with Gasteiger partial charge in [0.15, 0.2) is 0 Å². The number of pyridine rings is 1. The second-order valence-corrected chi connectivity index (χ2v) is 11.4. The van der Waals surface area contributed by atoms with Crippen molar-refractivity contribution in [2.75, 3.05) is 38.6 Å². The fourth-order valence-corrected chi connectivity index (χ4v) is 6.31. The molecule has 3 aromatic rings. The van der Waals surface area contributed by atoms with Crippen molar-refractivity contribution < 1.29 is 17.9 Å². The van der Waals surface area contributed by atoms with Crippen LogP contribution < -0.4 is 15.4 Å². The highest BCUT2D eigenvalue weighted by Gasteiger charge is 2.33. The van der Waals surface area contributed by atoms with Gasteiger partial charge < -0.3 is 15.4 Å². The van der Waals surface area contributed by atoms with E-state index in [-0.39, 0.29) is 22.4 Å². The molecule has 1 amide bonds. The molecule has 0 spiro atoms. The van der Waals surface area contributed by atoms with Gasteiger partial charge in [-0.1, -0.05) is 23.2 Å². The first kappa shape index (κ1) is 26.5. The van der Waals surface area contributed by atoms with Crippen molar-refractivity contribution in [2.24, 2.45) is 5.92 Å². The van der Waals surface area contributed by atoms with Gasteiger partial charge in [-0.3, -0.25) is 9.78 Å². The standard InChI is InChI=1S/C25H28Cl2N4O4S/c1-35-24-8-6-19(15-21(24)27)36(33,34)31-13-2-4-17(16-31)25(32)30-11-3-10-28-22-9-12-29-23-14-18(26)5-7-20(22)23/h5-9,12,14-15,17H,2-4,10-11,13,16H2,1H3,(H,28,29)(H,30,32). The number of rotatable bonds is 9. The van der Waals surface area contributed by atoms with Crippen LogP contribution in [0.3, 0.4) is 0 Å². The highest BCUT2D eigenvalue weighted by molar-refractivity contribution is 7.89. The SMILES string of the molecule is COc1ccc(S(=O)(=O)N2CCCC(C(=O)NCCCNc3ccnc4cc(Cl)ccc34)C2)cc1Cl. The fraction of sp³-hybridized carbons (Fsp3) is 0.360. The lowest BCUT2D eigenvalue weighted by Crippen LogP contribution is -2.45. The molecule has 1 atom stereocenters. The largest absolute Gasteiger partial charge is 0.495 e. The van der Waals surface area contributed by atoms with Crippen molar-refractivity contribution >= 4 is 55.7 Å². The topological polar surface area (TPSA) is 101 Å². The number of halogens is 2. The van der Waals surface area contributed by atoms with E-state index < -0.39 is 15.9 Å². The molecule has 4 rings (SSSR count). The van der Waals surface area contributed by atoms with Gasteiger partial charge in [-0.15, -0.1) is 0 Å². The number of benzene rings is 2. The molecule has 192 valence electrons. The fourth-order valence-electron chi connectivity index (χ4n) is 4.27. The summed E-state index contributed by atoms with van der Waals surface area (Å²) in [7, 11) is -2.30. The lowest BCUT2D eigenvalue weighted by atomic mass is 9.99. The number of sulfonamides is 1. The van der Waals surface area contributed by atoms with Crippen molar-refractivity contribution in [3.8, 4) is 5.75 Å². The van der Waals surface area contributed by atoms with Gasteiger partial charge in [0.2, 0.25) is 15.9 Å². The number of nitrogens with one attached hydrogen (secondary N) is 2. The van der Waals surface area contributed by atoms with Crippen LogP contribution in [-0.4, -0.2) is 56.9 Å². The van der Waals surface area contributed by atoms with Gasteiger partial charge in [0.1, 0.15) is 5.75 Å². The summed E-state index contributed by atoms with van der Waals surface area (Å²) in [4.78, 5) is 17.2. The van der Waals surface area contributed by atoms with Crippen molar-refractivity contribution in [1.82, 2.24) is 14.6 Å². The van der Waals surface area contributed by atoms with E-state index in [2.05, 4.69) is 15.6 Å². The molecule has 1 aromatic heterocycles. The van der Waals surface area contributed by atoms with Crippen LogP contribution in [0.5, 0.6) is 5.75 Å². The molecule has 2 N–H and O–H groups in total. The Morgan fingerprint density at radius 3 is 2.78 bits per heavy atom. The number of hydrogen-bond acceptors (Lipinski definition) is 6. The number of carbonyl (C=O) groups is 1. The molecule has 11 heteroatoms. The van der Waals surface area contributed by atoms with Crippen LogP contribution in [-0.2, 0) is 14.8 Å². The van der Waals surface area contributed by atoms with E-state index in [0.717, 1.165) is 16.6 Å². The van der Waals surface area contributed by atoms with Crippen molar-refractivity contribution in [3.63, 3.8) is 0 Å². The summed E-state index contributed by atoms with van der Waals surface area (Å²) in [6.45, 7) is 1.65. The van der Waals surface area contributed by atoms with Crippen molar-refractivity contribution in [1.29, 1.82) is 0 Å². The molecule has 1 aliphatic rings. The Bertz CT molecular complexity index is 1350. The van der Waals surface area contributed by atoms with E-state index in [9.17, 15) is 13.2 Å². The Morgan fingerprint density at radius 2 is 2.00 bits per heavy atom. The van der Waals surface area contributed by atoms with Gasteiger partial charge in [-0.05, 0) is 61.7 Å². The molecular weight excluding hydrogens is 523 g/mol. The van der Waals surface area contributed by atoms with Gasteiger partial charge in [-0.25, -0.2) is 8.42 Å². The molecule has 1 unspecified atom stereocenters. The van der Waals surface area contributed by atoms with E-state index in [4.69, 9.17) is 27.9 Å². The summed E-state index contributed by atoms with van der Waals surface area (Å²) < 4.78 is 32.7. The zero-order valence-electron chi connectivity index (χ0n) is 19.8. The maximum atomic E-state index is 13.1. The zero-order valence-corrected chi connectivity index (χ0v) is 22.2. The third-order valence-electron chi connectivity index (χ3n) is 6.19. The summed E-state index contributed by atoms with van der Waals surface area (Å²) >= 11 is 12.2. The third kappa shape index (κ3) is 6.03. The van der Waals surface area contributed by atoms with Gasteiger partial charge in [0, 0.05) is 48.5 Å². The molecule has 0 bridgehead atoms. The lowest BCUT2D eigenvalue weighted by Gasteiger charge is -2.31. The zero-order chi connectivity index (χ0) is 25.7. The first-order valence-electron chi connectivity index (χ1n) is 11.7. The minimum absolute atomic E-state index is 0.0892. The molecule has 36 heavy (non-hydrogen) atoms. The van der Waals surface area contributed by atoms with E-state index in [1.807, 2.05) is 24.3 Å². The normalized spacial score (nSPS) is 16.6. The van der Waals surface area contributed by atoms with Crippen LogP contribution >= 0.6 is 23.2 Å². The quantitative estimate of drug-likeness (QED) is 0.378. The monoisotopic (exact) mass is 550 g/mol. The Labute approximate surface area is 221 Å². The average Bonchev–Trinajstić information content (AvgIpc) is 2.88. The van der Waals surface area contributed by atoms with Crippen LogP contribution in [0.25, 0.3) is 10.9 Å². The molecule has 2 heterocycles. The van der Waals surface area contributed by atoms with E-state index >= 15 is 0 Å². The predicted octanol–water partition coefficient (Wildman–Crippen LogP) is 4.57. The lowest BCUT2D eigenvalue weighted by molar-refractivity contribution is -0.126. The molecule has 0 saturated carbocycles. The first-order chi connectivity index (χ1) is 17.3. The minimum Gasteiger partial charge on any atom is -0.495 e. The number of piperidine rings is 1. The number of ether oxygens (including phenoxy) is 1. The number of fused-ring (bicyclic) bond motifs is 1. The van der Waals surface area contributed by atoms with Crippen molar-refractivity contribution in [2.45, 2.75) is 24.2 Å². The third-order valence-corrected chi connectivity index (χ3v) is 8.58. The maximum Gasteiger partial charge on any atom is 0.243 e. The Morgan fingerprint density at radius 1 is 1.17 bits per heavy atom. The van der Waals surface area contributed by atoms with Crippen LogP contribution in [0, 0.1) is 5.92 Å². The maximum absolute atomic E-state index is 13.1. The summed E-state index contributed by atoms with van der Waals surface area (Å²) in [6, 6.07) is 11.9. The summed E-state index contributed by atoms with van der Waals surface area (Å²) in [5, 5.41) is 8.17. The van der Waals surface area contributed by atoms with Crippen LogP contribution in [0.15, 0.2) is 53.6 Å². The molecular formula is C25H28Cl2N4O4S. The second kappa shape index (κ2) is 11.6. The molecule has 1 fully saturated rings. The molecule has 2 aromatic carbocycles. The van der Waals surface area contributed by atoms with E-state index in [1.54, 1.807) is 6.20 Å². The Balaban J connectivity index is 1.28. The first-order valence-corrected chi connectivity index (χ1v) is 13.9. The number of hydrogen-bond donors (Lipinski definition) is 2. The second-order valence-electron chi connectivity index (χ2n) is 8.59. The van der Waals surface area contributed by atoms with Crippen LogP contribution in [0.2, 0.25) is 10.0 Å². The number of anilines is 1. The molecule has 8 nitrogen and oxygen atoms in total. The molecule has 0 radical (unpaired) electrons. The highest BCUT2D eigenvalue weighted by atomic mass is 35.5. The predicted molar refractivity (Wildman–Crippen MR) is 142 cm³/mol. The Hall–Kier alpha value is -2.59. The number of amides is 1. The van der Waals surface area contributed by atoms with Gasteiger partial charge in [0.05, 0.1) is 28.5 Å². The molecule has 1 saturated heterocycles. The van der Waals surface area contributed by atoms with Crippen molar-refractivity contribution in [3.05, 3.63) is 58.7 Å². The van der Waals surface area contributed by atoms with Gasteiger partial charge >= 0.3 is 0 Å². The van der Waals surface area contributed by atoms with Gasteiger partial charge in [0.25, 0.3) is 0 Å². The summed E-state index contributed by atoms with van der Waals surface area (Å²) in [5.41, 5.74) is 1.77. The Kier molecular flexibility index (Phi) is 8.56. The number of carbonyl (C=O) groups excluding carboxylic acids is 1. The summed E-state index contributed by atoms with van der Waals surface area (Å²) in [5.74, 6) is -0.127. The number of methoxy groups -OCH3 is 1. The number of aromatic nitrogens is 1. The van der Waals surface area contributed by atoms with Crippen LogP contribution in [0.4, 0.5) is 5.69 Å². The number of nitrogens with zero attached hydrogens (tertiary/aromatic N) is 2. The highest BCUT2D eigenvalue weighted by Crippen LogP contribution is 2.30. The molecule has 1 aliphatic heterocycles.